The smallest absolute Gasteiger partial charge is 0.209 e. The second-order valence-corrected chi connectivity index (χ2v) is 10.3. The third-order valence-corrected chi connectivity index (χ3v) is 6.42. The predicted octanol–water partition coefficient (Wildman–Crippen LogP) is 5.97. The molecule has 3 rings (SSSR count). The van der Waals surface area contributed by atoms with Gasteiger partial charge in [-0.2, -0.15) is 0 Å². The normalized spacial score (nSPS) is 30.6. The van der Waals surface area contributed by atoms with Crippen molar-refractivity contribution >= 4 is 5.78 Å². The topological polar surface area (TPSA) is 47.6 Å². The van der Waals surface area contributed by atoms with Crippen molar-refractivity contribution < 1.29 is 14.3 Å². The highest BCUT2D eigenvalue weighted by Crippen LogP contribution is 2.42. The van der Waals surface area contributed by atoms with Gasteiger partial charge in [-0.1, -0.05) is 42.7 Å². The summed E-state index contributed by atoms with van der Waals surface area (Å²) >= 11 is 0. The highest BCUT2D eigenvalue weighted by Gasteiger charge is 2.45. The molecule has 32 heavy (non-hydrogen) atoms. The van der Waals surface area contributed by atoms with Crippen LogP contribution in [0.5, 0.6) is 0 Å². The van der Waals surface area contributed by atoms with Crippen LogP contribution >= 0.6 is 0 Å². The van der Waals surface area contributed by atoms with E-state index in [9.17, 15) is 4.79 Å². The monoisotopic (exact) mass is 439 g/mol. The first-order valence-corrected chi connectivity index (χ1v) is 12.1. The van der Waals surface area contributed by atoms with Crippen LogP contribution in [0, 0.1) is 5.92 Å². The van der Waals surface area contributed by atoms with Crippen LogP contribution in [-0.2, 0) is 14.3 Å². The van der Waals surface area contributed by atoms with Gasteiger partial charge in [0.25, 0.3) is 0 Å². The van der Waals surface area contributed by atoms with Crippen LogP contribution in [0.2, 0.25) is 0 Å². The number of rotatable bonds is 7. The number of fused-ring (bicyclic) bond motifs is 1. The Bertz CT molecular complexity index is 869. The van der Waals surface area contributed by atoms with Crippen LogP contribution in [0.4, 0.5) is 0 Å². The third-order valence-electron chi connectivity index (χ3n) is 6.42. The van der Waals surface area contributed by atoms with Crippen molar-refractivity contribution in [2.75, 3.05) is 6.54 Å². The quantitative estimate of drug-likeness (QED) is 0.497. The zero-order valence-corrected chi connectivity index (χ0v) is 21.0. The molecule has 0 aromatic carbocycles. The van der Waals surface area contributed by atoms with Gasteiger partial charge in [0.2, 0.25) is 5.79 Å². The van der Waals surface area contributed by atoms with E-state index in [4.69, 9.17) is 9.47 Å². The van der Waals surface area contributed by atoms with Crippen molar-refractivity contribution in [2.24, 2.45) is 5.92 Å². The molecular formula is C28H41NO3. The fourth-order valence-corrected chi connectivity index (χ4v) is 4.76. The van der Waals surface area contributed by atoms with Gasteiger partial charge in [-0.15, -0.1) is 0 Å². The van der Waals surface area contributed by atoms with Crippen LogP contribution in [-0.4, -0.2) is 36.4 Å². The minimum atomic E-state index is -0.879. The molecule has 0 saturated carbocycles. The van der Waals surface area contributed by atoms with Crippen molar-refractivity contribution in [1.29, 1.82) is 0 Å². The zero-order chi connectivity index (χ0) is 23.5. The van der Waals surface area contributed by atoms with E-state index in [2.05, 4.69) is 71.2 Å². The average Bonchev–Trinajstić information content (AvgIpc) is 2.66. The van der Waals surface area contributed by atoms with Gasteiger partial charge in [0.05, 0.1) is 12.2 Å². The number of carbonyl (C=O) groups excluding carboxylic acids is 1. The SMILES string of the molecule is CC(C)=CCCC(C)=C[C@@H]1CC(C)=C[C@]2(C=C(CNC(C)C)[C@H]3CC(=O)C(C)=C[C@H]3O2)O1. The van der Waals surface area contributed by atoms with Crippen LogP contribution in [0.15, 0.2) is 58.2 Å². The first kappa shape index (κ1) is 24.9. The molecule has 1 aliphatic carbocycles. The molecule has 0 fully saturated rings. The average molecular weight is 440 g/mol. The molecule has 0 aromatic heterocycles. The van der Waals surface area contributed by atoms with Gasteiger partial charge in [0, 0.05) is 24.9 Å². The van der Waals surface area contributed by atoms with Crippen LogP contribution in [0.25, 0.3) is 0 Å². The molecule has 0 radical (unpaired) electrons. The van der Waals surface area contributed by atoms with E-state index in [0.717, 1.165) is 31.4 Å². The second kappa shape index (κ2) is 10.5. The van der Waals surface area contributed by atoms with E-state index in [1.54, 1.807) is 0 Å². The number of Topliss-reactive ketones (excluding diaryl/α,β-unsaturated/α-hetero) is 1. The van der Waals surface area contributed by atoms with Crippen molar-refractivity contribution in [3.8, 4) is 0 Å². The van der Waals surface area contributed by atoms with Gasteiger partial charge >= 0.3 is 0 Å². The molecule has 1 spiro atoms. The molecule has 1 N–H and O–H groups in total. The Morgan fingerprint density at radius 1 is 1.19 bits per heavy atom. The molecule has 2 aliphatic heterocycles. The molecule has 0 bridgehead atoms. The number of ketones is 1. The lowest BCUT2D eigenvalue weighted by Gasteiger charge is -2.45. The summed E-state index contributed by atoms with van der Waals surface area (Å²) in [5.41, 5.74) is 5.98. The molecule has 0 amide bonds. The Morgan fingerprint density at radius 2 is 1.94 bits per heavy atom. The minimum Gasteiger partial charge on any atom is -0.335 e. The van der Waals surface area contributed by atoms with Gasteiger partial charge < -0.3 is 14.8 Å². The highest BCUT2D eigenvalue weighted by molar-refractivity contribution is 5.96. The number of allylic oxidation sites excluding steroid dienone is 4. The summed E-state index contributed by atoms with van der Waals surface area (Å²) in [5.74, 6) is -0.594. The standard InChI is InChI=1S/C28H41NO3/c1-18(2)9-8-10-20(5)11-24-12-21(6)15-28(31-24)16-23(17-29-19(3)4)25-14-26(30)22(7)13-27(25)32-28/h9,11,13,15-16,19,24-25,27,29H,8,10,12,14,17H2,1-7H3/t24-,25-,27-,28+/m1/s1. The van der Waals surface area contributed by atoms with Crippen LogP contribution in [0.1, 0.15) is 74.1 Å². The Labute approximate surface area is 194 Å². The van der Waals surface area contributed by atoms with E-state index in [1.165, 1.54) is 22.3 Å². The fourth-order valence-electron chi connectivity index (χ4n) is 4.76. The van der Waals surface area contributed by atoms with Crippen molar-refractivity contribution in [1.82, 2.24) is 5.32 Å². The maximum atomic E-state index is 12.4. The van der Waals surface area contributed by atoms with Crippen molar-refractivity contribution in [2.45, 2.75) is 98.2 Å². The van der Waals surface area contributed by atoms with Gasteiger partial charge in [0.1, 0.15) is 0 Å². The minimum absolute atomic E-state index is 0.0193. The lowest BCUT2D eigenvalue weighted by molar-refractivity contribution is -0.224. The van der Waals surface area contributed by atoms with E-state index >= 15 is 0 Å². The van der Waals surface area contributed by atoms with Crippen LogP contribution in [0.3, 0.4) is 0 Å². The van der Waals surface area contributed by atoms with Crippen molar-refractivity contribution in [3.05, 3.63) is 58.2 Å². The largest absolute Gasteiger partial charge is 0.335 e. The predicted molar refractivity (Wildman–Crippen MR) is 131 cm³/mol. The molecule has 4 heteroatoms. The molecule has 2 heterocycles. The summed E-state index contributed by atoms with van der Waals surface area (Å²) < 4.78 is 13.2. The van der Waals surface area contributed by atoms with Gasteiger partial charge in [-0.3, -0.25) is 4.79 Å². The molecule has 3 aliphatic rings. The summed E-state index contributed by atoms with van der Waals surface area (Å²) in [6.07, 6.45) is 14.1. The molecule has 176 valence electrons. The van der Waals surface area contributed by atoms with Gasteiger partial charge in [-0.05, 0) is 83.3 Å². The van der Waals surface area contributed by atoms with Crippen LogP contribution < -0.4 is 5.32 Å². The number of hydrogen-bond acceptors (Lipinski definition) is 4. The number of nitrogens with one attached hydrogen (secondary N) is 1. The van der Waals surface area contributed by atoms with E-state index in [-0.39, 0.29) is 23.9 Å². The fraction of sp³-hybridized carbons (Fsp3) is 0.607. The molecule has 0 unspecified atom stereocenters. The summed E-state index contributed by atoms with van der Waals surface area (Å²) in [7, 11) is 0. The Hall–Kier alpha value is -1.75. The first-order chi connectivity index (χ1) is 15.1. The number of ether oxygens (including phenoxy) is 2. The number of hydrogen-bond donors (Lipinski definition) is 1. The molecular weight excluding hydrogens is 398 g/mol. The van der Waals surface area contributed by atoms with Gasteiger partial charge in [0.15, 0.2) is 5.78 Å². The lowest BCUT2D eigenvalue weighted by atomic mass is 9.78. The second-order valence-electron chi connectivity index (χ2n) is 10.3. The summed E-state index contributed by atoms with van der Waals surface area (Å²) in [4.78, 5) is 12.4. The Kier molecular flexibility index (Phi) is 8.13. The summed E-state index contributed by atoms with van der Waals surface area (Å²) in [5, 5.41) is 3.53. The lowest BCUT2D eigenvalue weighted by Crippen LogP contribution is -2.50. The maximum Gasteiger partial charge on any atom is 0.209 e. The molecule has 4 atom stereocenters. The van der Waals surface area contributed by atoms with Gasteiger partial charge in [-0.25, -0.2) is 0 Å². The Balaban J connectivity index is 1.87. The molecule has 4 nitrogen and oxygen atoms in total. The van der Waals surface area contributed by atoms with E-state index in [0.29, 0.717) is 12.5 Å². The highest BCUT2D eigenvalue weighted by atomic mass is 16.7. The molecule has 0 saturated heterocycles. The van der Waals surface area contributed by atoms with Crippen molar-refractivity contribution in [3.63, 3.8) is 0 Å². The van der Waals surface area contributed by atoms with E-state index in [1.807, 2.05) is 13.0 Å². The first-order valence-electron chi connectivity index (χ1n) is 12.1. The third kappa shape index (κ3) is 6.40. The van der Waals surface area contributed by atoms with E-state index < -0.39 is 5.79 Å². The zero-order valence-electron chi connectivity index (χ0n) is 21.0. The molecule has 0 aromatic rings. The summed E-state index contributed by atoms with van der Waals surface area (Å²) in [6.45, 7) is 15.5. The Morgan fingerprint density at radius 3 is 2.62 bits per heavy atom. The summed E-state index contributed by atoms with van der Waals surface area (Å²) in [6, 6.07) is 0.369. The maximum absolute atomic E-state index is 12.4. The number of carbonyl (C=O) groups is 1.